The molecule has 0 saturated heterocycles. The highest BCUT2D eigenvalue weighted by Gasteiger charge is 2.30. The first-order valence-electron chi connectivity index (χ1n) is 6.31. The van der Waals surface area contributed by atoms with Crippen molar-refractivity contribution < 1.29 is 23.6 Å². The summed E-state index contributed by atoms with van der Waals surface area (Å²) in [6, 6.07) is 1.33. The van der Waals surface area contributed by atoms with Gasteiger partial charge in [-0.05, 0) is 25.8 Å². The number of hydrogen-bond acceptors (Lipinski definition) is 4. The molecule has 2 N–H and O–H groups in total. The van der Waals surface area contributed by atoms with Crippen LogP contribution in [0.2, 0.25) is 0 Å². The van der Waals surface area contributed by atoms with Crippen LogP contribution in [0.25, 0.3) is 0 Å². The monoisotopic (exact) mass is 302 g/mol. The number of nitrogens with one attached hydrogen (secondary N) is 1. The number of nitrogens with zero attached hydrogens (tertiary/aromatic N) is 1. The van der Waals surface area contributed by atoms with Crippen molar-refractivity contribution in [2.24, 2.45) is 0 Å². The Morgan fingerprint density at radius 1 is 1.48 bits per heavy atom. The fraction of sp³-hybridized carbons (Fsp3) is 0.462. The molecule has 0 aliphatic heterocycles. The maximum Gasteiger partial charge on any atom is 0.305 e. The van der Waals surface area contributed by atoms with Gasteiger partial charge in [-0.25, -0.2) is 4.39 Å². The van der Waals surface area contributed by atoms with E-state index in [2.05, 4.69) is 5.32 Å². The molecular formula is C13H16F2N2O4. The second-order valence-corrected chi connectivity index (χ2v) is 4.85. The summed E-state index contributed by atoms with van der Waals surface area (Å²) >= 11 is 0. The Hall–Kier alpha value is -2.09. The van der Waals surface area contributed by atoms with Crippen molar-refractivity contribution >= 4 is 11.6 Å². The summed E-state index contributed by atoms with van der Waals surface area (Å²) in [7, 11) is 0. The molecule has 0 aliphatic carbocycles. The number of amides is 1. The van der Waals surface area contributed by atoms with Gasteiger partial charge in [0.2, 0.25) is 5.82 Å². The van der Waals surface area contributed by atoms with E-state index in [-0.39, 0.29) is 13.0 Å². The summed E-state index contributed by atoms with van der Waals surface area (Å²) < 4.78 is 27.5. The Bertz CT molecular complexity index is 565. The summed E-state index contributed by atoms with van der Waals surface area (Å²) in [5.41, 5.74) is -2.83. The lowest BCUT2D eigenvalue weighted by Crippen LogP contribution is -2.46. The summed E-state index contributed by atoms with van der Waals surface area (Å²) in [5, 5.41) is 22.0. The zero-order valence-corrected chi connectivity index (χ0v) is 11.7. The van der Waals surface area contributed by atoms with Crippen LogP contribution in [0.1, 0.15) is 37.0 Å². The Labute approximate surface area is 119 Å². The van der Waals surface area contributed by atoms with Crippen molar-refractivity contribution in [2.45, 2.75) is 32.2 Å². The Morgan fingerprint density at radius 2 is 2.10 bits per heavy atom. The largest absolute Gasteiger partial charge is 0.396 e. The number of hydrogen-bond donors (Lipinski definition) is 2. The highest BCUT2D eigenvalue weighted by Crippen LogP contribution is 2.24. The van der Waals surface area contributed by atoms with Gasteiger partial charge in [0.15, 0.2) is 0 Å². The normalized spacial score (nSPS) is 13.6. The van der Waals surface area contributed by atoms with Crippen LogP contribution >= 0.6 is 0 Å². The lowest BCUT2D eigenvalue weighted by Gasteiger charge is -2.29. The predicted molar refractivity (Wildman–Crippen MR) is 70.9 cm³/mol. The van der Waals surface area contributed by atoms with Gasteiger partial charge in [-0.1, -0.05) is 6.92 Å². The minimum Gasteiger partial charge on any atom is -0.396 e. The molecule has 21 heavy (non-hydrogen) atoms. The number of nitro benzene ring substituents is 1. The molecule has 0 bridgehead atoms. The van der Waals surface area contributed by atoms with E-state index in [0.717, 1.165) is 0 Å². The number of halogens is 2. The number of carbonyl (C=O) groups excluding carboxylic acids is 1. The van der Waals surface area contributed by atoms with Crippen LogP contribution < -0.4 is 5.32 Å². The molecule has 116 valence electrons. The second-order valence-electron chi connectivity index (χ2n) is 4.85. The van der Waals surface area contributed by atoms with Gasteiger partial charge in [0.1, 0.15) is 11.4 Å². The van der Waals surface area contributed by atoms with Crippen LogP contribution in [0.5, 0.6) is 0 Å². The molecule has 1 amide bonds. The van der Waals surface area contributed by atoms with E-state index < -0.39 is 39.3 Å². The molecule has 8 heteroatoms. The van der Waals surface area contributed by atoms with Crippen molar-refractivity contribution in [1.29, 1.82) is 0 Å². The van der Waals surface area contributed by atoms with Crippen LogP contribution in [0, 0.1) is 21.7 Å². The van der Waals surface area contributed by atoms with Crippen molar-refractivity contribution in [3.05, 3.63) is 39.4 Å². The molecule has 1 aromatic rings. The maximum atomic E-state index is 13.9. The maximum absolute atomic E-state index is 13.9. The first-order chi connectivity index (χ1) is 9.75. The number of aliphatic hydroxyl groups excluding tert-OH is 1. The molecule has 0 radical (unpaired) electrons. The van der Waals surface area contributed by atoms with Gasteiger partial charge < -0.3 is 10.4 Å². The summed E-state index contributed by atoms with van der Waals surface area (Å²) in [6.07, 6.45) is 0.602. The Morgan fingerprint density at radius 3 is 2.57 bits per heavy atom. The Kier molecular flexibility index (Phi) is 5.31. The van der Waals surface area contributed by atoms with E-state index in [1.54, 1.807) is 13.8 Å². The zero-order valence-electron chi connectivity index (χ0n) is 11.7. The van der Waals surface area contributed by atoms with Gasteiger partial charge in [-0.2, -0.15) is 4.39 Å². The molecular weight excluding hydrogens is 286 g/mol. The SMILES string of the molecule is CCC(C)(CCO)NC(=O)c1c(F)ccc([N+](=O)[O-])c1F. The smallest absolute Gasteiger partial charge is 0.305 e. The third-order valence-corrected chi connectivity index (χ3v) is 3.35. The van der Waals surface area contributed by atoms with Crippen LogP contribution in [0.4, 0.5) is 14.5 Å². The number of aliphatic hydroxyl groups is 1. The van der Waals surface area contributed by atoms with Crippen molar-refractivity contribution in [3.8, 4) is 0 Å². The molecule has 0 aliphatic rings. The average molecular weight is 302 g/mol. The molecule has 0 heterocycles. The average Bonchev–Trinajstić information content (AvgIpc) is 2.38. The number of rotatable bonds is 6. The van der Waals surface area contributed by atoms with Gasteiger partial charge in [0.25, 0.3) is 5.91 Å². The fourth-order valence-corrected chi connectivity index (χ4v) is 1.80. The lowest BCUT2D eigenvalue weighted by molar-refractivity contribution is -0.387. The van der Waals surface area contributed by atoms with Crippen molar-refractivity contribution in [1.82, 2.24) is 5.32 Å². The highest BCUT2D eigenvalue weighted by atomic mass is 19.1. The number of carbonyl (C=O) groups is 1. The molecule has 1 atom stereocenters. The highest BCUT2D eigenvalue weighted by molar-refractivity contribution is 5.96. The van der Waals surface area contributed by atoms with Gasteiger partial charge in [-0.15, -0.1) is 0 Å². The van der Waals surface area contributed by atoms with Gasteiger partial charge in [0, 0.05) is 18.2 Å². The summed E-state index contributed by atoms with van der Waals surface area (Å²) in [4.78, 5) is 21.6. The van der Waals surface area contributed by atoms with E-state index in [1.807, 2.05) is 0 Å². The van der Waals surface area contributed by atoms with Crippen LogP contribution in [-0.2, 0) is 0 Å². The summed E-state index contributed by atoms with van der Waals surface area (Å²) in [5.74, 6) is -3.79. The minimum absolute atomic E-state index is 0.188. The van der Waals surface area contributed by atoms with E-state index in [1.165, 1.54) is 0 Å². The van der Waals surface area contributed by atoms with Crippen molar-refractivity contribution in [3.63, 3.8) is 0 Å². The standard InChI is InChI=1S/C13H16F2N2O4/c1-3-13(2,6-7-18)16-12(19)10-8(14)4-5-9(11(10)15)17(20)21/h4-5,18H,3,6-7H2,1-2H3,(H,16,19). The molecule has 1 rings (SSSR count). The van der Waals surface area contributed by atoms with Crippen molar-refractivity contribution in [2.75, 3.05) is 6.61 Å². The molecule has 0 aromatic heterocycles. The third-order valence-electron chi connectivity index (χ3n) is 3.35. The van der Waals surface area contributed by atoms with E-state index in [0.29, 0.717) is 18.6 Å². The molecule has 1 unspecified atom stereocenters. The zero-order chi connectivity index (χ0) is 16.2. The second kappa shape index (κ2) is 6.57. The lowest BCUT2D eigenvalue weighted by atomic mass is 9.94. The summed E-state index contributed by atoms with van der Waals surface area (Å²) in [6.45, 7) is 3.12. The topological polar surface area (TPSA) is 92.5 Å². The quantitative estimate of drug-likeness (QED) is 0.622. The number of benzene rings is 1. The van der Waals surface area contributed by atoms with E-state index >= 15 is 0 Å². The first-order valence-corrected chi connectivity index (χ1v) is 6.31. The Balaban J connectivity index is 3.18. The molecule has 0 fully saturated rings. The van der Waals surface area contributed by atoms with Crippen LogP contribution in [0.3, 0.4) is 0 Å². The predicted octanol–water partition coefficient (Wildman–Crippen LogP) is 2.15. The fourth-order valence-electron chi connectivity index (χ4n) is 1.80. The van der Waals surface area contributed by atoms with Crippen LogP contribution in [-0.4, -0.2) is 28.1 Å². The molecule has 0 spiro atoms. The van der Waals surface area contributed by atoms with Crippen LogP contribution in [0.15, 0.2) is 12.1 Å². The molecule has 1 aromatic carbocycles. The van der Waals surface area contributed by atoms with E-state index in [4.69, 9.17) is 5.11 Å². The molecule has 0 saturated carbocycles. The number of nitro groups is 1. The van der Waals surface area contributed by atoms with E-state index in [9.17, 15) is 23.7 Å². The third kappa shape index (κ3) is 3.72. The molecule has 6 nitrogen and oxygen atoms in total. The minimum atomic E-state index is -1.51. The van der Waals surface area contributed by atoms with Gasteiger partial charge in [-0.3, -0.25) is 14.9 Å². The first kappa shape index (κ1) is 17.0. The van der Waals surface area contributed by atoms with Gasteiger partial charge in [0.05, 0.1) is 4.92 Å². The van der Waals surface area contributed by atoms with Gasteiger partial charge >= 0.3 is 5.69 Å².